The Bertz CT molecular complexity index is 506. The van der Waals surface area contributed by atoms with Gasteiger partial charge in [0.05, 0.1) is 23.3 Å². The molecule has 2 rings (SSSR count). The van der Waals surface area contributed by atoms with Gasteiger partial charge in [0.15, 0.2) is 0 Å². The van der Waals surface area contributed by atoms with Gasteiger partial charge in [-0.05, 0) is 34.1 Å². The molecule has 1 heterocycles. The first-order chi connectivity index (χ1) is 7.70. The minimum Gasteiger partial charge on any atom is -0.497 e. The van der Waals surface area contributed by atoms with Gasteiger partial charge in [0, 0.05) is 0 Å². The van der Waals surface area contributed by atoms with Crippen LogP contribution in [0.25, 0.3) is 0 Å². The molecule has 0 saturated carbocycles. The van der Waals surface area contributed by atoms with Crippen LogP contribution < -0.4 is 9.47 Å². The van der Waals surface area contributed by atoms with Crippen molar-refractivity contribution in [3.05, 3.63) is 27.8 Å². The number of rotatable bonds is 3. The summed E-state index contributed by atoms with van der Waals surface area (Å²) in [5, 5.41) is 0.257. The maximum Gasteiger partial charge on any atom is 0.270 e. The molecule has 0 unspecified atom stereocenters. The van der Waals surface area contributed by atoms with E-state index in [1.165, 1.54) is 0 Å². The lowest BCUT2D eigenvalue weighted by Crippen LogP contribution is -1.88. The largest absolute Gasteiger partial charge is 0.497 e. The average molecular weight is 322 g/mol. The quantitative estimate of drug-likeness (QED) is 0.863. The van der Waals surface area contributed by atoms with Crippen molar-refractivity contribution in [2.45, 2.75) is 0 Å². The molecular weight excluding hydrogens is 316 g/mol. The highest BCUT2D eigenvalue weighted by Crippen LogP contribution is 2.34. The molecule has 0 saturated heterocycles. The Labute approximate surface area is 110 Å². The van der Waals surface area contributed by atoms with E-state index in [1.807, 2.05) is 0 Å². The summed E-state index contributed by atoms with van der Waals surface area (Å²) in [7, 11) is 1.60. The third-order valence-corrected chi connectivity index (χ3v) is 3.24. The highest BCUT2D eigenvalue weighted by molar-refractivity contribution is 9.10. The fourth-order valence-corrected chi connectivity index (χ4v) is 2.08. The minimum atomic E-state index is 0.257. The van der Waals surface area contributed by atoms with Gasteiger partial charge in [-0.3, -0.25) is 0 Å². The molecule has 16 heavy (non-hydrogen) atoms. The lowest BCUT2D eigenvalue weighted by molar-refractivity contribution is 0.411. The standard InChI is InChI=1S/C9H6BrClN2O2S/c1-14-5-2-3-7(6(10)4-5)15-9-8(11)12-16-13-9/h2-4H,1H3. The van der Waals surface area contributed by atoms with Crippen molar-refractivity contribution >= 4 is 39.3 Å². The molecular formula is C9H6BrClN2O2S. The second-order valence-corrected chi connectivity index (χ2v) is 4.50. The second kappa shape index (κ2) is 4.99. The Morgan fingerprint density at radius 3 is 2.75 bits per heavy atom. The van der Waals surface area contributed by atoms with Gasteiger partial charge in [-0.15, -0.1) is 4.37 Å². The normalized spacial score (nSPS) is 10.2. The summed E-state index contributed by atoms with van der Waals surface area (Å²) < 4.78 is 19.0. The first kappa shape index (κ1) is 11.6. The van der Waals surface area contributed by atoms with Gasteiger partial charge in [-0.1, -0.05) is 11.6 Å². The van der Waals surface area contributed by atoms with E-state index in [2.05, 4.69) is 24.7 Å². The second-order valence-electron chi connectivity index (χ2n) is 2.76. The zero-order chi connectivity index (χ0) is 11.5. The molecule has 0 N–H and O–H groups in total. The first-order valence-corrected chi connectivity index (χ1v) is 6.10. The molecule has 0 aliphatic heterocycles. The monoisotopic (exact) mass is 320 g/mol. The topological polar surface area (TPSA) is 44.2 Å². The summed E-state index contributed by atoms with van der Waals surface area (Å²) in [6.45, 7) is 0. The number of nitrogens with zero attached hydrogens (tertiary/aromatic N) is 2. The SMILES string of the molecule is COc1ccc(Oc2nsnc2Cl)c(Br)c1. The van der Waals surface area contributed by atoms with Gasteiger partial charge >= 0.3 is 0 Å². The van der Waals surface area contributed by atoms with Crippen LogP contribution in [0.5, 0.6) is 17.4 Å². The molecule has 0 spiro atoms. The molecule has 0 atom stereocenters. The number of aromatic nitrogens is 2. The van der Waals surface area contributed by atoms with E-state index in [-0.39, 0.29) is 5.15 Å². The minimum absolute atomic E-state index is 0.257. The van der Waals surface area contributed by atoms with Crippen LogP contribution in [-0.2, 0) is 0 Å². The Morgan fingerprint density at radius 2 is 2.19 bits per heavy atom. The van der Waals surface area contributed by atoms with Crippen LogP contribution in [0.2, 0.25) is 5.15 Å². The van der Waals surface area contributed by atoms with Crippen LogP contribution in [0.15, 0.2) is 22.7 Å². The highest BCUT2D eigenvalue weighted by atomic mass is 79.9. The maximum absolute atomic E-state index is 5.77. The van der Waals surface area contributed by atoms with Gasteiger partial charge in [0.25, 0.3) is 5.88 Å². The van der Waals surface area contributed by atoms with E-state index in [0.29, 0.717) is 11.6 Å². The van der Waals surface area contributed by atoms with Crippen LogP contribution in [-0.4, -0.2) is 15.9 Å². The third-order valence-electron chi connectivity index (χ3n) is 1.77. The number of halogens is 2. The Morgan fingerprint density at radius 1 is 1.38 bits per heavy atom. The lowest BCUT2D eigenvalue weighted by atomic mass is 10.3. The Balaban J connectivity index is 2.25. The molecule has 0 bridgehead atoms. The van der Waals surface area contributed by atoms with Crippen molar-refractivity contribution < 1.29 is 9.47 Å². The summed E-state index contributed by atoms with van der Waals surface area (Å²) in [6, 6.07) is 5.34. The van der Waals surface area contributed by atoms with E-state index in [1.54, 1.807) is 25.3 Å². The predicted octanol–water partition coefficient (Wildman–Crippen LogP) is 3.75. The van der Waals surface area contributed by atoms with Crippen LogP contribution in [0.4, 0.5) is 0 Å². The average Bonchev–Trinajstić information content (AvgIpc) is 2.67. The van der Waals surface area contributed by atoms with Gasteiger partial charge in [-0.2, -0.15) is 4.37 Å². The first-order valence-electron chi connectivity index (χ1n) is 4.20. The zero-order valence-electron chi connectivity index (χ0n) is 8.11. The van der Waals surface area contributed by atoms with Crippen molar-refractivity contribution in [3.8, 4) is 17.4 Å². The molecule has 0 aliphatic rings. The van der Waals surface area contributed by atoms with Gasteiger partial charge in [-0.25, -0.2) is 0 Å². The van der Waals surface area contributed by atoms with Crippen molar-refractivity contribution in [2.24, 2.45) is 0 Å². The van der Waals surface area contributed by atoms with Crippen molar-refractivity contribution in [2.75, 3.05) is 7.11 Å². The number of methoxy groups -OCH3 is 1. The summed E-state index contributed by atoms with van der Waals surface area (Å²) in [5.41, 5.74) is 0. The van der Waals surface area contributed by atoms with Crippen LogP contribution in [0, 0.1) is 0 Å². The summed E-state index contributed by atoms with van der Waals surface area (Å²) in [4.78, 5) is 0. The molecule has 0 radical (unpaired) electrons. The van der Waals surface area contributed by atoms with E-state index in [9.17, 15) is 0 Å². The fourth-order valence-electron chi connectivity index (χ4n) is 1.03. The third kappa shape index (κ3) is 2.45. The van der Waals surface area contributed by atoms with E-state index in [4.69, 9.17) is 21.1 Å². The van der Waals surface area contributed by atoms with Crippen LogP contribution in [0.3, 0.4) is 0 Å². The van der Waals surface area contributed by atoms with E-state index in [0.717, 1.165) is 22.0 Å². The highest BCUT2D eigenvalue weighted by Gasteiger charge is 2.10. The molecule has 0 fully saturated rings. The Hall–Kier alpha value is -0.850. The molecule has 84 valence electrons. The number of benzene rings is 1. The number of hydrogen-bond donors (Lipinski definition) is 0. The van der Waals surface area contributed by atoms with E-state index < -0.39 is 0 Å². The number of hydrogen-bond acceptors (Lipinski definition) is 5. The molecule has 1 aromatic heterocycles. The van der Waals surface area contributed by atoms with Crippen LogP contribution in [0.1, 0.15) is 0 Å². The molecule has 7 heteroatoms. The summed E-state index contributed by atoms with van der Waals surface area (Å²) in [5.74, 6) is 1.65. The molecule has 1 aromatic carbocycles. The van der Waals surface area contributed by atoms with Crippen molar-refractivity contribution in [1.29, 1.82) is 0 Å². The van der Waals surface area contributed by atoms with Crippen LogP contribution >= 0.6 is 39.3 Å². The molecule has 2 aromatic rings. The maximum atomic E-state index is 5.77. The Kier molecular flexibility index (Phi) is 3.63. The summed E-state index contributed by atoms with van der Waals surface area (Å²) in [6.07, 6.45) is 0. The van der Waals surface area contributed by atoms with Gasteiger partial charge in [0.1, 0.15) is 11.5 Å². The lowest BCUT2D eigenvalue weighted by Gasteiger charge is -2.06. The zero-order valence-corrected chi connectivity index (χ0v) is 11.3. The van der Waals surface area contributed by atoms with Gasteiger partial charge in [0.2, 0.25) is 5.15 Å². The number of ether oxygens (including phenoxy) is 2. The fraction of sp³-hybridized carbons (Fsp3) is 0.111. The molecule has 4 nitrogen and oxygen atoms in total. The smallest absolute Gasteiger partial charge is 0.270 e. The van der Waals surface area contributed by atoms with Crippen molar-refractivity contribution in [1.82, 2.24) is 8.75 Å². The van der Waals surface area contributed by atoms with E-state index >= 15 is 0 Å². The van der Waals surface area contributed by atoms with Gasteiger partial charge < -0.3 is 9.47 Å². The van der Waals surface area contributed by atoms with Crippen molar-refractivity contribution in [3.63, 3.8) is 0 Å². The predicted molar refractivity (Wildman–Crippen MR) is 65.7 cm³/mol. The summed E-state index contributed by atoms with van der Waals surface area (Å²) >= 11 is 10.1. The molecule has 0 aliphatic carbocycles. The molecule has 0 amide bonds.